The lowest BCUT2D eigenvalue weighted by atomic mass is 10.1. The Morgan fingerprint density at radius 3 is 2.46 bits per heavy atom. The molecule has 1 N–H and O–H groups in total. The zero-order valence-electron chi connectivity index (χ0n) is 13.7. The maximum atomic E-state index is 14.3. The summed E-state index contributed by atoms with van der Waals surface area (Å²) < 4.78 is 50.5. The Bertz CT molecular complexity index is 684. The van der Waals surface area contributed by atoms with Crippen LogP contribution in [-0.2, 0) is 9.53 Å². The van der Waals surface area contributed by atoms with Crippen molar-refractivity contribution in [3.05, 3.63) is 34.7 Å². The van der Waals surface area contributed by atoms with E-state index in [1.165, 1.54) is 6.92 Å². The first-order valence-corrected chi connectivity index (χ1v) is 7.09. The molecule has 8 heteroatoms. The monoisotopic (exact) mass is 345 g/mol. The van der Waals surface area contributed by atoms with Gasteiger partial charge in [0, 0.05) is 12.3 Å². The first-order valence-electron chi connectivity index (χ1n) is 7.09. The molecule has 0 aliphatic carbocycles. The minimum Gasteiger partial charge on any atom is -0.506 e. The molecule has 0 atom stereocenters. The van der Waals surface area contributed by atoms with Crippen molar-refractivity contribution in [3.8, 4) is 5.75 Å². The predicted octanol–water partition coefficient (Wildman–Crippen LogP) is 3.42. The number of nitrogens with zero attached hydrogens (tertiary/aromatic N) is 1. The third kappa shape index (κ3) is 4.27. The van der Waals surface area contributed by atoms with E-state index in [1.807, 2.05) is 0 Å². The van der Waals surface area contributed by atoms with Crippen LogP contribution in [0.15, 0.2) is 16.6 Å². The van der Waals surface area contributed by atoms with E-state index in [9.17, 15) is 23.1 Å². The highest BCUT2D eigenvalue weighted by molar-refractivity contribution is 6.15. The standard InChI is InChI=1S/C16H18F3NO4/c1-5-24-16(22)10(7-20-8(2)3)14(21)9-6-11(17)13(19)15(23-4)12(9)18/h6-8,21H,5H2,1-4H3. The van der Waals surface area contributed by atoms with Gasteiger partial charge in [0.05, 0.1) is 19.3 Å². The number of aliphatic hydroxyl groups is 1. The summed E-state index contributed by atoms with van der Waals surface area (Å²) >= 11 is 0. The Kier molecular flexibility index (Phi) is 6.82. The van der Waals surface area contributed by atoms with Gasteiger partial charge in [0.25, 0.3) is 0 Å². The number of esters is 1. The maximum absolute atomic E-state index is 14.3. The summed E-state index contributed by atoms with van der Waals surface area (Å²) in [6, 6.07) is 0.192. The number of hydrogen-bond acceptors (Lipinski definition) is 5. The topological polar surface area (TPSA) is 68.1 Å². The van der Waals surface area contributed by atoms with Crippen LogP contribution in [0.1, 0.15) is 26.3 Å². The third-order valence-corrected chi connectivity index (χ3v) is 2.83. The molecule has 0 saturated carbocycles. The second-order valence-corrected chi connectivity index (χ2v) is 4.92. The van der Waals surface area contributed by atoms with Gasteiger partial charge in [-0.15, -0.1) is 0 Å². The Hall–Kier alpha value is -2.51. The number of rotatable bonds is 6. The van der Waals surface area contributed by atoms with Gasteiger partial charge in [-0.2, -0.15) is 4.39 Å². The van der Waals surface area contributed by atoms with Gasteiger partial charge < -0.3 is 14.6 Å². The van der Waals surface area contributed by atoms with Gasteiger partial charge in [-0.05, 0) is 26.8 Å². The van der Waals surface area contributed by atoms with Crippen molar-refractivity contribution in [2.24, 2.45) is 4.99 Å². The lowest BCUT2D eigenvalue weighted by Gasteiger charge is -2.11. The zero-order valence-corrected chi connectivity index (χ0v) is 13.7. The van der Waals surface area contributed by atoms with E-state index in [2.05, 4.69) is 9.73 Å². The van der Waals surface area contributed by atoms with Crippen LogP contribution in [0.5, 0.6) is 5.75 Å². The number of aliphatic hydroxyl groups excluding tert-OH is 1. The molecule has 0 aliphatic heterocycles. The van der Waals surface area contributed by atoms with Crippen molar-refractivity contribution in [1.29, 1.82) is 0 Å². The number of carbonyl (C=O) groups is 1. The number of halogens is 3. The second kappa shape index (κ2) is 8.37. The fourth-order valence-electron chi connectivity index (χ4n) is 1.72. The van der Waals surface area contributed by atoms with Crippen LogP contribution >= 0.6 is 0 Å². The van der Waals surface area contributed by atoms with E-state index in [4.69, 9.17) is 4.74 Å². The minimum atomic E-state index is -1.54. The lowest BCUT2D eigenvalue weighted by Crippen LogP contribution is -2.13. The number of carbonyl (C=O) groups excluding carboxylic acids is 1. The largest absolute Gasteiger partial charge is 0.506 e. The summed E-state index contributed by atoms with van der Waals surface area (Å²) in [7, 11) is 0.942. The molecular formula is C16H18F3NO4. The number of hydrogen-bond donors (Lipinski definition) is 1. The average molecular weight is 345 g/mol. The summed E-state index contributed by atoms with van der Waals surface area (Å²) in [6.45, 7) is 4.94. The van der Waals surface area contributed by atoms with Crippen LogP contribution < -0.4 is 4.74 Å². The van der Waals surface area contributed by atoms with Gasteiger partial charge >= 0.3 is 5.97 Å². The first kappa shape index (κ1) is 19.5. The molecule has 0 aromatic heterocycles. The van der Waals surface area contributed by atoms with Gasteiger partial charge in [-0.3, -0.25) is 4.99 Å². The van der Waals surface area contributed by atoms with Crippen LogP contribution in [0.25, 0.3) is 5.76 Å². The SMILES string of the molecule is CCOC(=O)C(C=NC(C)C)=C(O)c1cc(F)c(F)c(OC)c1F. The summed E-state index contributed by atoms with van der Waals surface area (Å²) in [5, 5.41) is 10.2. The van der Waals surface area contributed by atoms with Crippen molar-refractivity contribution in [3.63, 3.8) is 0 Å². The third-order valence-electron chi connectivity index (χ3n) is 2.83. The van der Waals surface area contributed by atoms with Crippen molar-refractivity contribution in [1.82, 2.24) is 0 Å². The van der Waals surface area contributed by atoms with E-state index in [0.717, 1.165) is 13.3 Å². The van der Waals surface area contributed by atoms with Crippen molar-refractivity contribution in [2.75, 3.05) is 13.7 Å². The summed E-state index contributed by atoms with van der Waals surface area (Å²) in [5.41, 5.74) is -1.23. The quantitative estimate of drug-likeness (QED) is 0.282. The molecule has 0 saturated heterocycles. The van der Waals surface area contributed by atoms with Crippen molar-refractivity contribution in [2.45, 2.75) is 26.8 Å². The highest BCUT2D eigenvalue weighted by Gasteiger charge is 2.25. The molecule has 1 aromatic carbocycles. The van der Waals surface area contributed by atoms with E-state index in [0.29, 0.717) is 6.07 Å². The van der Waals surface area contributed by atoms with Crippen molar-refractivity contribution >= 4 is 17.9 Å². The molecule has 0 spiro atoms. The molecule has 1 aromatic rings. The van der Waals surface area contributed by atoms with E-state index < -0.39 is 46.1 Å². The molecule has 0 heterocycles. The van der Waals surface area contributed by atoms with Crippen LogP contribution in [0.4, 0.5) is 13.2 Å². The molecule has 0 fully saturated rings. The molecule has 0 amide bonds. The van der Waals surface area contributed by atoms with E-state index >= 15 is 0 Å². The van der Waals surface area contributed by atoms with Gasteiger partial charge in [-0.25, -0.2) is 13.6 Å². The van der Waals surface area contributed by atoms with Crippen LogP contribution in [0.2, 0.25) is 0 Å². The number of benzene rings is 1. The predicted molar refractivity (Wildman–Crippen MR) is 82.7 cm³/mol. The molecule has 0 aliphatic rings. The normalized spacial score (nSPS) is 12.5. The highest BCUT2D eigenvalue weighted by atomic mass is 19.2. The van der Waals surface area contributed by atoms with E-state index in [-0.39, 0.29) is 12.6 Å². The summed E-state index contributed by atoms with van der Waals surface area (Å²) in [5.74, 6) is -7.27. The summed E-state index contributed by atoms with van der Waals surface area (Å²) in [6.07, 6.45) is 0.991. The van der Waals surface area contributed by atoms with Gasteiger partial charge in [0.1, 0.15) is 11.3 Å². The first-order chi connectivity index (χ1) is 11.2. The van der Waals surface area contributed by atoms with Gasteiger partial charge in [0.2, 0.25) is 5.82 Å². The molecule has 132 valence electrons. The Morgan fingerprint density at radius 1 is 1.33 bits per heavy atom. The zero-order chi connectivity index (χ0) is 18.4. The molecule has 1 rings (SSSR count). The maximum Gasteiger partial charge on any atom is 0.343 e. The van der Waals surface area contributed by atoms with Crippen LogP contribution in [0, 0.1) is 17.5 Å². The lowest BCUT2D eigenvalue weighted by molar-refractivity contribution is -0.137. The minimum absolute atomic E-state index is 0.00524. The molecule has 24 heavy (non-hydrogen) atoms. The van der Waals surface area contributed by atoms with Crippen LogP contribution in [0.3, 0.4) is 0 Å². The second-order valence-electron chi connectivity index (χ2n) is 4.92. The number of aliphatic imine (C=N–C) groups is 1. The molecule has 5 nitrogen and oxygen atoms in total. The summed E-state index contributed by atoms with van der Waals surface area (Å²) in [4.78, 5) is 15.9. The Balaban J connectivity index is 3.60. The molecule has 0 bridgehead atoms. The van der Waals surface area contributed by atoms with Gasteiger partial charge in [-0.1, -0.05) is 0 Å². The van der Waals surface area contributed by atoms with Gasteiger partial charge in [0.15, 0.2) is 17.4 Å². The van der Waals surface area contributed by atoms with E-state index in [1.54, 1.807) is 13.8 Å². The van der Waals surface area contributed by atoms with Crippen LogP contribution in [-0.4, -0.2) is 37.0 Å². The molecule has 0 unspecified atom stereocenters. The smallest absolute Gasteiger partial charge is 0.343 e. The number of ether oxygens (including phenoxy) is 2. The highest BCUT2D eigenvalue weighted by Crippen LogP contribution is 2.31. The fraction of sp³-hybridized carbons (Fsp3) is 0.375. The Morgan fingerprint density at radius 2 is 1.96 bits per heavy atom. The molecular weight excluding hydrogens is 327 g/mol. The fourth-order valence-corrected chi connectivity index (χ4v) is 1.72. The average Bonchev–Trinajstić information content (AvgIpc) is 2.51. The van der Waals surface area contributed by atoms with Crippen molar-refractivity contribution < 1.29 is 32.5 Å². The number of methoxy groups -OCH3 is 1. The Labute approximate surface area is 137 Å². The molecule has 0 radical (unpaired) electrons.